The van der Waals surface area contributed by atoms with Gasteiger partial charge >= 0.3 is 0 Å². The number of H-pyrrole nitrogens is 2. The van der Waals surface area contributed by atoms with Gasteiger partial charge in [0.05, 0.1) is 35.0 Å². The molecule has 7 nitrogen and oxygen atoms in total. The summed E-state index contributed by atoms with van der Waals surface area (Å²) in [5.74, 6) is 0. The molecule has 7 heteroatoms. The zero-order valence-electron chi connectivity index (χ0n) is 17.3. The fourth-order valence-corrected chi connectivity index (χ4v) is 3.68. The third-order valence-corrected chi connectivity index (χ3v) is 5.31. The molecule has 5 rings (SSSR count). The molecular formula is C24H23N7. The van der Waals surface area contributed by atoms with Crippen LogP contribution in [0.4, 0.5) is 5.69 Å². The van der Waals surface area contributed by atoms with Crippen LogP contribution in [0.5, 0.6) is 0 Å². The van der Waals surface area contributed by atoms with Crippen LogP contribution in [0.25, 0.3) is 44.5 Å². The number of anilines is 1. The van der Waals surface area contributed by atoms with Crippen LogP contribution in [0.15, 0.2) is 67.5 Å². The van der Waals surface area contributed by atoms with E-state index in [2.05, 4.69) is 55.0 Å². The number of aromatic amines is 2. The van der Waals surface area contributed by atoms with E-state index in [9.17, 15) is 0 Å². The van der Waals surface area contributed by atoms with Crippen molar-refractivity contribution >= 4 is 27.5 Å². The Morgan fingerprint density at radius 1 is 1.06 bits per heavy atom. The van der Waals surface area contributed by atoms with E-state index in [0.717, 1.165) is 75.1 Å². The highest BCUT2D eigenvalue weighted by molar-refractivity contribution is 5.96. The number of nitrogens with zero attached hydrogens (tertiary/aromatic N) is 4. The van der Waals surface area contributed by atoms with Crippen molar-refractivity contribution in [3.63, 3.8) is 0 Å². The molecule has 5 aromatic rings. The maximum absolute atomic E-state index is 4.62. The standard InChI is InChI=1S/C24H23N7/c1-3-4-5-15(2)28-18-8-16(12-26-13-18)21-10-19-23(14-27-21)30-31-24(19)22-9-17-11-25-7-6-20(17)29-22/h6-14,28-29H,2-5H2,1H3,(H,30,31). The second-order valence-electron chi connectivity index (χ2n) is 7.63. The SMILES string of the molecule is C=C(CCCC)Nc1cncc(-c2cc3c(-c4cc5cnccc5[nH]4)n[nH]c3cn2)c1. The van der Waals surface area contributed by atoms with Crippen LogP contribution in [-0.4, -0.2) is 30.1 Å². The van der Waals surface area contributed by atoms with Crippen LogP contribution in [-0.2, 0) is 0 Å². The zero-order valence-corrected chi connectivity index (χ0v) is 17.3. The second kappa shape index (κ2) is 8.02. The van der Waals surface area contributed by atoms with Crippen molar-refractivity contribution < 1.29 is 0 Å². The van der Waals surface area contributed by atoms with Crippen LogP contribution in [0.2, 0.25) is 0 Å². The maximum atomic E-state index is 4.62. The third kappa shape index (κ3) is 3.77. The summed E-state index contributed by atoms with van der Waals surface area (Å²) in [5.41, 5.74) is 7.38. The van der Waals surface area contributed by atoms with Crippen molar-refractivity contribution in [2.24, 2.45) is 0 Å². The molecule has 0 unspecified atom stereocenters. The van der Waals surface area contributed by atoms with Gasteiger partial charge in [0, 0.05) is 46.1 Å². The predicted molar refractivity (Wildman–Crippen MR) is 124 cm³/mol. The summed E-state index contributed by atoms with van der Waals surface area (Å²) in [4.78, 5) is 16.6. The normalized spacial score (nSPS) is 11.3. The molecule has 0 fully saturated rings. The smallest absolute Gasteiger partial charge is 0.116 e. The van der Waals surface area contributed by atoms with Gasteiger partial charge in [0.2, 0.25) is 0 Å². The quantitative estimate of drug-likeness (QED) is 0.321. The van der Waals surface area contributed by atoms with E-state index in [-0.39, 0.29) is 0 Å². The van der Waals surface area contributed by atoms with Crippen molar-refractivity contribution in [1.82, 2.24) is 30.1 Å². The van der Waals surface area contributed by atoms with E-state index in [1.807, 2.05) is 36.8 Å². The molecule has 31 heavy (non-hydrogen) atoms. The Balaban J connectivity index is 1.49. The molecule has 0 aliphatic heterocycles. The number of hydrogen-bond donors (Lipinski definition) is 3. The van der Waals surface area contributed by atoms with Crippen molar-refractivity contribution in [3.8, 4) is 22.6 Å². The average molecular weight is 409 g/mol. The van der Waals surface area contributed by atoms with Gasteiger partial charge in [-0.05, 0) is 37.1 Å². The Kier molecular flexibility index (Phi) is 4.92. The minimum absolute atomic E-state index is 0.836. The number of hydrogen-bond acceptors (Lipinski definition) is 5. The molecule has 0 spiro atoms. The first-order chi connectivity index (χ1) is 15.2. The lowest BCUT2D eigenvalue weighted by Crippen LogP contribution is -1.99. The highest BCUT2D eigenvalue weighted by Gasteiger charge is 2.13. The fraction of sp³-hybridized carbons (Fsp3) is 0.167. The van der Waals surface area contributed by atoms with E-state index >= 15 is 0 Å². The Labute approximate surface area is 179 Å². The van der Waals surface area contributed by atoms with Crippen LogP contribution < -0.4 is 5.32 Å². The molecule has 0 aliphatic rings. The lowest BCUT2D eigenvalue weighted by atomic mass is 10.1. The fourth-order valence-electron chi connectivity index (χ4n) is 3.68. The molecule has 0 aromatic carbocycles. The minimum Gasteiger partial charge on any atom is -0.358 e. The van der Waals surface area contributed by atoms with Gasteiger partial charge in [0.25, 0.3) is 0 Å². The third-order valence-electron chi connectivity index (χ3n) is 5.31. The molecule has 0 bridgehead atoms. The molecule has 5 heterocycles. The van der Waals surface area contributed by atoms with E-state index < -0.39 is 0 Å². The van der Waals surface area contributed by atoms with Crippen molar-refractivity contribution in [1.29, 1.82) is 0 Å². The number of rotatable bonds is 7. The van der Waals surface area contributed by atoms with E-state index in [0.29, 0.717) is 0 Å². The topological polar surface area (TPSA) is 95.2 Å². The molecule has 5 aromatic heterocycles. The first kappa shape index (κ1) is 19.0. The lowest BCUT2D eigenvalue weighted by Gasteiger charge is -2.10. The highest BCUT2D eigenvalue weighted by Crippen LogP contribution is 2.31. The average Bonchev–Trinajstić information content (AvgIpc) is 3.41. The molecule has 0 saturated carbocycles. The molecule has 0 amide bonds. The van der Waals surface area contributed by atoms with Crippen LogP contribution in [0.3, 0.4) is 0 Å². The zero-order chi connectivity index (χ0) is 21.2. The first-order valence-corrected chi connectivity index (χ1v) is 10.4. The number of nitrogens with one attached hydrogen (secondary N) is 3. The maximum Gasteiger partial charge on any atom is 0.116 e. The van der Waals surface area contributed by atoms with E-state index in [1.54, 1.807) is 12.4 Å². The van der Waals surface area contributed by atoms with E-state index in [4.69, 9.17) is 0 Å². The van der Waals surface area contributed by atoms with Gasteiger partial charge in [-0.15, -0.1) is 0 Å². The molecule has 154 valence electrons. The second-order valence-corrected chi connectivity index (χ2v) is 7.63. The number of pyridine rings is 3. The summed E-state index contributed by atoms with van der Waals surface area (Å²) >= 11 is 0. The van der Waals surface area contributed by atoms with Crippen LogP contribution >= 0.6 is 0 Å². The summed E-state index contributed by atoms with van der Waals surface area (Å²) in [7, 11) is 0. The summed E-state index contributed by atoms with van der Waals surface area (Å²) in [6.07, 6.45) is 12.3. The van der Waals surface area contributed by atoms with Crippen molar-refractivity contribution in [2.75, 3.05) is 5.32 Å². The molecular weight excluding hydrogens is 386 g/mol. The number of fused-ring (bicyclic) bond motifs is 2. The minimum atomic E-state index is 0.836. The number of allylic oxidation sites excluding steroid dienone is 1. The Morgan fingerprint density at radius 3 is 2.87 bits per heavy atom. The van der Waals surface area contributed by atoms with Crippen molar-refractivity contribution in [3.05, 3.63) is 67.5 Å². The lowest BCUT2D eigenvalue weighted by molar-refractivity contribution is 0.791. The largest absolute Gasteiger partial charge is 0.358 e. The van der Waals surface area contributed by atoms with Gasteiger partial charge in [-0.1, -0.05) is 19.9 Å². The van der Waals surface area contributed by atoms with Gasteiger partial charge in [-0.2, -0.15) is 5.10 Å². The highest BCUT2D eigenvalue weighted by atomic mass is 15.1. The Morgan fingerprint density at radius 2 is 2.00 bits per heavy atom. The Hall–Kier alpha value is -4.00. The predicted octanol–water partition coefficient (Wildman–Crippen LogP) is 5.68. The molecule has 0 atom stereocenters. The Bertz CT molecular complexity index is 1350. The summed E-state index contributed by atoms with van der Waals surface area (Å²) in [6.45, 7) is 6.29. The first-order valence-electron chi connectivity index (χ1n) is 10.4. The molecule has 0 radical (unpaired) electrons. The molecule has 0 saturated heterocycles. The van der Waals surface area contributed by atoms with Gasteiger partial charge in [-0.25, -0.2) is 0 Å². The van der Waals surface area contributed by atoms with Gasteiger partial charge < -0.3 is 10.3 Å². The molecule has 3 N–H and O–H groups in total. The van der Waals surface area contributed by atoms with Crippen LogP contribution in [0.1, 0.15) is 26.2 Å². The van der Waals surface area contributed by atoms with Crippen LogP contribution in [0, 0.1) is 0 Å². The summed E-state index contributed by atoms with van der Waals surface area (Å²) < 4.78 is 0. The van der Waals surface area contributed by atoms with Gasteiger partial charge in [-0.3, -0.25) is 20.1 Å². The van der Waals surface area contributed by atoms with Crippen molar-refractivity contribution in [2.45, 2.75) is 26.2 Å². The summed E-state index contributed by atoms with van der Waals surface area (Å²) in [6, 6.07) is 8.11. The number of unbranched alkanes of at least 4 members (excludes halogenated alkanes) is 1. The van der Waals surface area contributed by atoms with E-state index in [1.165, 1.54) is 0 Å². The van der Waals surface area contributed by atoms with Gasteiger partial charge in [0.15, 0.2) is 0 Å². The monoisotopic (exact) mass is 409 g/mol. The summed E-state index contributed by atoms with van der Waals surface area (Å²) in [5, 5.41) is 13.0. The molecule has 0 aliphatic carbocycles. The number of aromatic nitrogens is 6. The van der Waals surface area contributed by atoms with Gasteiger partial charge in [0.1, 0.15) is 5.69 Å².